The molecule has 0 radical (unpaired) electrons. The Morgan fingerprint density at radius 3 is 2.71 bits per heavy atom. The molecule has 0 aromatic heterocycles. The van der Waals surface area contributed by atoms with Crippen molar-refractivity contribution in [1.29, 1.82) is 0 Å². The van der Waals surface area contributed by atoms with E-state index >= 15 is 0 Å². The number of halogens is 1. The number of rotatable bonds is 6. The van der Waals surface area contributed by atoms with E-state index in [1.165, 1.54) is 0 Å². The minimum atomic E-state index is -0.0198. The van der Waals surface area contributed by atoms with Crippen LogP contribution in [0.3, 0.4) is 0 Å². The maximum absolute atomic E-state index is 11.8. The van der Waals surface area contributed by atoms with Gasteiger partial charge in [-0.25, -0.2) is 0 Å². The van der Waals surface area contributed by atoms with Gasteiger partial charge in [-0.1, -0.05) is 6.92 Å². The molecule has 0 saturated carbocycles. The Balaban J connectivity index is 2.66. The highest BCUT2D eigenvalue weighted by molar-refractivity contribution is 9.10. The number of ketones is 1. The van der Waals surface area contributed by atoms with Crippen LogP contribution < -0.4 is 4.74 Å². The van der Waals surface area contributed by atoms with Crippen molar-refractivity contribution in [2.24, 2.45) is 0 Å². The molecule has 1 atom stereocenters. The maximum atomic E-state index is 11.8. The van der Waals surface area contributed by atoms with Crippen LogP contribution in [-0.2, 0) is 4.74 Å². The molecule has 0 heterocycles. The van der Waals surface area contributed by atoms with Gasteiger partial charge in [-0.05, 0) is 47.5 Å². The van der Waals surface area contributed by atoms with Gasteiger partial charge >= 0.3 is 0 Å². The van der Waals surface area contributed by atoms with Crippen LogP contribution in [0.25, 0.3) is 0 Å². The SMILES string of the molecule is CCC(C)OCC(=O)c1ccc(OC)c(Br)c1. The fourth-order valence-electron chi connectivity index (χ4n) is 1.26. The minimum Gasteiger partial charge on any atom is -0.496 e. The molecule has 1 rings (SSSR count). The summed E-state index contributed by atoms with van der Waals surface area (Å²) < 4.78 is 11.3. The molecule has 17 heavy (non-hydrogen) atoms. The molecule has 4 heteroatoms. The van der Waals surface area contributed by atoms with Crippen molar-refractivity contribution in [3.63, 3.8) is 0 Å². The summed E-state index contributed by atoms with van der Waals surface area (Å²) in [6.45, 7) is 4.10. The van der Waals surface area contributed by atoms with E-state index in [2.05, 4.69) is 15.9 Å². The fraction of sp³-hybridized carbons (Fsp3) is 0.462. The second-order valence-electron chi connectivity index (χ2n) is 3.80. The molecular formula is C13H17BrO3. The summed E-state index contributed by atoms with van der Waals surface area (Å²) in [6.07, 6.45) is 1.01. The van der Waals surface area contributed by atoms with E-state index in [-0.39, 0.29) is 18.5 Å². The molecule has 0 bridgehead atoms. The molecule has 1 aromatic carbocycles. The zero-order valence-electron chi connectivity index (χ0n) is 10.3. The van der Waals surface area contributed by atoms with Crippen molar-refractivity contribution >= 4 is 21.7 Å². The predicted molar refractivity (Wildman–Crippen MR) is 70.7 cm³/mol. The van der Waals surface area contributed by atoms with Crippen LogP contribution in [0.2, 0.25) is 0 Å². The van der Waals surface area contributed by atoms with Crippen LogP contribution in [0.4, 0.5) is 0 Å². The van der Waals surface area contributed by atoms with Gasteiger partial charge in [0, 0.05) is 5.56 Å². The van der Waals surface area contributed by atoms with Gasteiger partial charge in [-0.3, -0.25) is 4.79 Å². The lowest BCUT2D eigenvalue weighted by atomic mass is 10.1. The average molecular weight is 301 g/mol. The number of benzene rings is 1. The van der Waals surface area contributed by atoms with E-state index in [9.17, 15) is 4.79 Å². The summed E-state index contributed by atoms with van der Waals surface area (Å²) in [6, 6.07) is 5.26. The van der Waals surface area contributed by atoms with Crippen LogP contribution in [-0.4, -0.2) is 25.6 Å². The summed E-state index contributed by atoms with van der Waals surface area (Å²) in [4.78, 5) is 11.8. The Labute approximate surface area is 110 Å². The van der Waals surface area contributed by atoms with Gasteiger partial charge in [0.05, 0.1) is 17.7 Å². The highest BCUT2D eigenvalue weighted by Gasteiger charge is 2.10. The average Bonchev–Trinajstić information content (AvgIpc) is 2.35. The number of carbonyl (C=O) groups excluding carboxylic acids is 1. The van der Waals surface area contributed by atoms with Crippen molar-refractivity contribution in [2.75, 3.05) is 13.7 Å². The number of hydrogen-bond acceptors (Lipinski definition) is 3. The second kappa shape index (κ2) is 6.77. The minimum absolute atomic E-state index is 0.0198. The van der Waals surface area contributed by atoms with E-state index in [0.29, 0.717) is 11.3 Å². The quantitative estimate of drug-likeness (QED) is 0.755. The number of carbonyl (C=O) groups is 1. The molecule has 1 unspecified atom stereocenters. The summed E-state index contributed by atoms with van der Waals surface area (Å²) in [5.41, 5.74) is 0.626. The smallest absolute Gasteiger partial charge is 0.188 e. The van der Waals surface area contributed by atoms with E-state index in [1.54, 1.807) is 25.3 Å². The molecule has 0 N–H and O–H groups in total. The Morgan fingerprint density at radius 1 is 1.47 bits per heavy atom. The van der Waals surface area contributed by atoms with Crippen molar-refractivity contribution in [1.82, 2.24) is 0 Å². The van der Waals surface area contributed by atoms with E-state index in [4.69, 9.17) is 9.47 Å². The van der Waals surface area contributed by atoms with E-state index < -0.39 is 0 Å². The molecule has 0 fully saturated rings. The van der Waals surface area contributed by atoms with Gasteiger partial charge in [0.25, 0.3) is 0 Å². The predicted octanol–water partition coefficient (Wildman–Crippen LogP) is 3.46. The van der Waals surface area contributed by atoms with Crippen LogP contribution in [0, 0.1) is 0 Å². The van der Waals surface area contributed by atoms with Gasteiger partial charge in [0.15, 0.2) is 5.78 Å². The molecule has 3 nitrogen and oxygen atoms in total. The molecule has 0 amide bonds. The monoisotopic (exact) mass is 300 g/mol. The van der Waals surface area contributed by atoms with Crippen LogP contribution in [0.15, 0.2) is 22.7 Å². The maximum Gasteiger partial charge on any atom is 0.188 e. The Morgan fingerprint density at radius 2 is 2.18 bits per heavy atom. The summed E-state index contributed by atoms with van der Waals surface area (Å²) in [7, 11) is 1.59. The van der Waals surface area contributed by atoms with Crippen molar-refractivity contribution in [3.05, 3.63) is 28.2 Å². The highest BCUT2D eigenvalue weighted by atomic mass is 79.9. The van der Waals surface area contributed by atoms with Crippen LogP contribution in [0.5, 0.6) is 5.75 Å². The lowest BCUT2D eigenvalue weighted by Crippen LogP contribution is -2.15. The zero-order valence-corrected chi connectivity index (χ0v) is 11.9. The zero-order chi connectivity index (χ0) is 12.8. The Hall–Kier alpha value is -0.870. The van der Waals surface area contributed by atoms with Crippen molar-refractivity contribution in [2.45, 2.75) is 26.4 Å². The first-order valence-corrected chi connectivity index (χ1v) is 6.36. The third-order valence-corrected chi connectivity index (χ3v) is 3.17. The summed E-state index contributed by atoms with van der Waals surface area (Å²) in [5, 5.41) is 0. The Bertz CT molecular complexity index is 390. The van der Waals surface area contributed by atoms with Crippen molar-refractivity contribution < 1.29 is 14.3 Å². The lowest BCUT2D eigenvalue weighted by molar-refractivity contribution is 0.0511. The lowest BCUT2D eigenvalue weighted by Gasteiger charge is -2.10. The third-order valence-electron chi connectivity index (χ3n) is 2.55. The van der Waals surface area contributed by atoms with Gasteiger partial charge in [-0.15, -0.1) is 0 Å². The number of hydrogen-bond donors (Lipinski definition) is 0. The molecule has 1 aromatic rings. The molecule has 0 spiro atoms. The van der Waals surface area contributed by atoms with Gasteiger partial charge < -0.3 is 9.47 Å². The Kier molecular flexibility index (Phi) is 5.65. The first-order valence-electron chi connectivity index (χ1n) is 5.56. The van der Waals surface area contributed by atoms with E-state index in [1.807, 2.05) is 13.8 Å². The summed E-state index contributed by atoms with van der Waals surface area (Å²) in [5.74, 6) is 0.693. The second-order valence-corrected chi connectivity index (χ2v) is 4.66. The molecule has 0 aliphatic carbocycles. The molecule has 94 valence electrons. The first-order chi connectivity index (χ1) is 8.08. The van der Waals surface area contributed by atoms with E-state index in [0.717, 1.165) is 10.9 Å². The standard InChI is InChI=1S/C13H17BrO3/c1-4-9(2)17-8-12(15)10-5-6-13(16-3)11(14)7-10/h5-7,9H,4,8H2,1-3H3. The molecule has 0 saturated heterocycles. The molecular weight excluding hydrogens is 284 g/mol. The summed E-state index contributed by atoms with van der Waals surface area (Å²) >= 11 is 3.35. The van der Waals surface area contributed by atoms with Crippen LogP contribution in [0.1, 0.15) is 30.6 Å². The normalized spacial score (nSPS) is 12.2. The number of Topliss-reactive ketones (excluding diaryl/α,β-unsaturated/α-hetero) is 1. The topological polar surface area (TPSA) is 35.5 Å². The van der Waals surface area contributed by atoms with Gasteiger partial charge in [0.2, 0.25) is 0 Å². The number of ether oxygens (including phenoxy) is 2. The van der Waals surface area contributed by atoms with Crippen molar-refractivity contribution in [3.8, 4) is 5.75 Å². The highest BCUT2D eigenvalue weighted by Crippen LogP contribution is 2.25. The number of methoxy groups -OCH3 is 1. The third kappa shape index (κ3) is 4.13. The van der Waals surface area contributed by atoms with Gasteiger partial charge in [0.1, 0.15) is 12.4 Å². The molecule has 0 aliphatic rings. The fourth-order valence-corrected chi connectivity index (χ4v) is 1.80. The van der Waals surface area contributed by atoms with Crippen LogP contribution >= 0.6 is 15.9 Å². The largest absolute Gasteiger partial charge is 0.496 e. The first kappa shape index (κ1) is 14.2. The van der Waals surface area contributed by atoms with Gasteiger partial charge in [-0.2, -0.15) is 0 Å². The molecule has 0 aliphatic heterocycles.